The first kappa shape index (κ1) is 14.1. The zero-order valence-electron chi connectivity index (χ0n) is 8.58. The Labute approximate surface area is 101 Å². The standard InChI is InChI=1S/C10H11ClF3NO2/c11-4-8(16)9(17)5-1-2-6(7(15)3-5)10(12,13)14/h1-3,8-9,16-17H,4,15H2. The Morgan fingerprint density at radius 3 is 2.29 bits per heavy atom. The second-order valence-corrected chi connectivity index (χ2v) is 3.82. The quantitative estimate of drug-likeness (QED) is 0.580. The Morgan fingerprint density at radius 2 is 1.88 bits per heavy atom. The Hall–Kier alpha value is -0.980. The molecule has 0 aliphatic carbocycles. The average Bonchev–Trinajstić information content (AvgIpc) is 2.25. The minimum Gasteiger partial charge on any atom is -0.398 e. The van der Waals surface area contributed by atoms with Gasteiger partial charge in [0.2, 0.25) is 0 Å². The van der Waals surface area contributed by atoms with E-state index in [4.69, 9.17) is 17.3 Å². The van der Waals surface area contributed by atoms with Crippen LogP contribution in [0.1, 0.15) is 17.2 Å². The molecule has 2 atom stereocenters. The minimum absolute atomic E-state index is 0.0867. The molecule has 1 aromatic carbocycles. The third-order valence-corrected chi connectivity index (χ3v) is 2.56. The molecule has 0 heterocycles. The van der Waals surface area contributed by atoms with E-state index in [1.165, 1.54) is 0 Å². The van der Waals surface area contributed by atoms with Crippen molar-refractivity contribution >= 4 is 17.3 Å². The number of aliphatic hydroxyl groups excluding tert-OH is 2. The second-order valence-electron chi connectivity index (χ2n) is 3.51. The molecule has 0 saturated heterocycles. The molecule has 0 fully saturated rings. The third kappa shape index (κ3) is 3.24. The maximum atomic E-state index is 12.4. The first-order valence-electron chi connectivity index (χ1n) is 4.66. The molecule has 1 rings (SSSR count). The first-order chi connectivity index (χ1) is 7.77. The van der Waals surface area contributed by atoms with Gasteiger partial charge >= 0.3 is 6.18 Å². The lowest BCUT2D eigenvalue weighted by atomic mass is 10.0. The van der Waals surface area contributed by atoms with E-state index < -0.39 is 29.6 Å². The number of rotatable bonds is 3. The average molecular weight is 270 g/mol. The highest BCUT2D eigenvalue weighted by molar-refractivity contribution is 6.18. The molecule has 0 aliphatic rings. The maximum Gasteiger partial charge on any atom is 0.418 e. The van der Waals surface area contributed by atoms with Crippen molar-refractivity contribution in [3.8, 4) is 0 Å². The smallest absolute Gasteiger partial charge is 0.398 e. The lowest BCUT2D eigenvalue weighted by Gasteiger charge is -2.17. The number of hydrogen-bond donors (Lipinski definition) is 3. The fourth-order valence-electron chi connectivity index (χ4n) is 1.33. The summed E-state index contributed by atoms with van der Waals surface area (Å²) in [4.78, 5) is 0. The van der Waals surface area contributed by atoms with Gasteiger partial charge < -0.3 is 15.9 Å². The monoisotopic (exact) mass is 269 g/mol. The van der Waals surface area contributed by atoms with Gasteiger partial charge in [0.1, 0.15) is 6.10 Å². The van der Waals surface area contributed by atoms with Crippen LogP contribution in [0.15, 0.2) is 18.2 Å². The van der Waals surface area contributed by atoms with Crippen LogP contribution >= 0.6 is 11.6 Å². The molecule has 0 amide bonds. The second kappa shape index (κ2) is 5.12. The summed E-state index contributed by atoms with van der Waals surface area (Å²) in [6, 6.07) is 2.79. The maximum absolute atomic E-state index is 12.4. The van der Waals surface area contributed by atoms with E-state index in [1.54, 1.807) is 0 Å². The summed E-state index contributed by atoms with van der Waals surface area (Å²) >= 11 is 5.32. The minimum atomic E-state index is -4.54. The first-order valence-corrected chi connectivity index (χ1v) is 5.19. The van der Waals surface area contributed by atoms with Gasteiger partial charge in [0.05, 0.1) is 17.5 Å². The molecule has 0 radical (unpaired) electrons. The van der Waals surface area contributed by atoms with Crippen molar-refractivity contribution in [3.05, 3.63) is 29.3 Å². The Kier molecular flexibility index (Phi) is 4.24. The van der Waals surface area contributed by atoms with Gasteiger partial charge in [-0.2, -0.15) is 13.2 Å². The normalized spacial score (nSPS) is 15.6. The predicted octanol–water partition coefficient (Wildman–Crippen LogP) is 1.92. The Morgan fingerprint density at radius 1 is 1.29 bits per heavy atom. The number of nitrogen functional groups attached to an aromatic ring is 1. The summed E-state index contributed by atoms with van der Waals surface area (Å²) in [5.41, 5.74) is 3.85. The molecule has 0 aromatic heterocycles. The van der Waals surface area contributed by atoms with Gasteiger partial charge in [-0.05, 0) is 17.7 Å². The summed E-state index contributed by atoms with van der Waals surface area (Å²) in [5.74, 6) is -0.234. The van der Waals surface area contributed by atoms with Crippen LogP contribution in [0.3, 0.4) is 0 Å². The van der Waals surface area contributed by atoms with Crippen molar-refractivity contribution in [3.63, 3.8) is 0 Å². The van der Waals surface area contributed by atoms with Crippen molar-refractivity contribution in [1.29, 1.82) is 0 Å². The van der Waals surface area contributed by atoms with Gasteiger partial charge in [-0.15, -0.1) is 11.6 Å². The zero-order valence-corrected chi connectivity index (χ0v) is 9.33. The number of alkyl halides is 4. The van der Waals surface area contributed by atoms with Gasteiger partial charge in [-0.25, -0.2) is 0 Å². The summed E-state index contributed by atoms with van der Waals surface area (Å²) in [5, 5.41) is 18.8. The fourth-order valence-corrected chi connectivity index (χ4v) is 1.50. The highest BCUT2D eigenvalue weighted by Crippen LogP contribution is 2.35. The zero-order chi connectivity index (χ0) is 13.2. The molecule has 17 heavy (non-hydrogen) atoms. The van der Waals surface area contributed by atoms with E-state index in [9.17, 15) is 23.4 Å². The largest absolute Gasteiger partial charge is 0.418 e. The van der Waals surface area contributed by atoms with Crippen molar-refractivity contribution in [2.45, 2.75) is 18.4 Å². The molecule has 96 valence electrons. The van der Waals surface area contributed by atoms with Gasteiger partial charge in [0, 0.05) is 5.69 Å². The molecular formula is C10H11ClF3NO2. The van der Waals surface area contributed by atoms with E-state index in [0.29, 0.717) is 0 Å². The number of benzene rings is 1. The summed E-state index contributed by atoms with van der Waals surface area (Å²) in [7, 11) is 0. The SMILES string of the molecule is Nc1cc(C(O)C(O)CCl)ccc1C(F)(F)F. The van der Waals surface area contributed by atoms with E-state index in [-0.39, 0.29) is 11.4 Å². The van der Waals surface area contributed by atoms with Crippen LogP contribution in [0.5, 0.6) is 0 Å². The summed E-state index contributed by atoms with van der Waals surface area (Å²) in [6.45, 7) is 0. The fraction of sp³-hybridized carbons (Fsp3) is 0.400. The predicted molar refractivity (Wildman–Crippen MR) is 57.5 cm³/mol. The van der Waals surface area contributed by atoms with Crippen LogP contribution in [-0.4, -0.2) is 22.2 Å². The van der Waals surface area contributed by atoms with Gasteiger partial charge in [-0.3, -0.25) is 0 Å². The van der Waals surface area contributed by atoms with Crippen LogP contribution < -0.4 is 5.73 Å². The number of anilines is 1. The van der Waals surface area contributed by atoms with E-state index in [1.807, 2.05) is 0 Å². The molecule has 0 spiro atoms. The molecule has 4 N–H and O–H groups in total. The van der Waals surface area contributed by atoms with Crippen molar-refractivity contribution in [2.24, 2.45) is 0 Å². The Bertz CT molecular complexity index is 398. The lowest BCUT2D eigenvalue weighted by molar-refractivity contribution is -0.136. The molecule has 1 aromatic rings. The van der Waals surface area contributed by atoms with Crippen molar-refractivity contribution < 1.29 is 23.4 Å². The molecule has 0 saturated carbocycles. The van der Waals surface area contributed by atoms with Gasteiger partial charge in [0.15, 0.2) is 0 Å². The van der Waals surface area contributed by atoms with Gasteiger partial charge in [-0.1, -0.05) is 6.07 Å². The van der Waals surface area contributed by atoms with Crippen LogP contribution in [0.25, 0.3) is 0 Å². The van der Waals surface area contributed by atoms with Crippen LogP contribution in [-0.2, 0) is 6.18 Å². The lowest BCUT2D eigenvalue weighted by Crippen LogP contribution is -2.20. The number of nitrogens with two attached hydrogens (primary N) is 1. The third-order valence-electron chi connectivity index (χ3n) is 2.25. The van der Waals surface area contributed by atoms with E-state index in [0.717, 1.165) is 18.2 Å². The van der Waals surface area contributed by atoms with E-state index >= 15 is 0 Å². The summed E-state index contributed by atoms with van der Waals surface area (Å²) < 4.78 is 37.2. The highest BCUT2D eigenvalue weighted by atomic mass is 35.5. The van der Waals surface area contributed by atoms with E-state index in [2.05, 4.69) is 0 Å². The van der Waals surface area contributed by atoms with Gasteiger partial charge in [0.25, 0.3) is 0 Å². The molecule has 0 bridgehead atoms. The van der Waals surface area contributed by atoms with Crippen molar-refractivity contribution in [1.82, 2.24) is 0 Å². The van der Waals surface area contributed by atoms with Crippen LogP contribution in [0.2, 0.25) is 0 Å². The van der Waals surface area contributed by atoms with Crippen LogP contribution in [0.4, 0.5) is 18.9 Å². The molecular weight excluding hydrogens is 259 g/mol. The Balaban J connectivity index is 3.05. The molecule has 2 unspecified atom stereocenters. The van der Waals surface area contributed by atoms with Crippen LogP contribution in [0, 0.1) is 0 Å². The number of aliphatic hydroxyl groups is 2. The number of halogens is 4. The highest BCUT2D eigenvalue weighted by Gasteiger charge is 2.33. The molecule has 0 aliphatic heterocycles. The molecule has 7 heteroatoms. The number of hydrogen-bond acceptors (Lipinski definition) is 3. The summed E-state index contributed by atoms with van der Waals surface area (Å²) in [6.07, 6.45) is -7.16. The van der Waals surface area contributed by atoms with Crippen molar-refractivity contribution in [2.75, 3.05) is 11.6 Å². The molecule has 3 nitrogen and oxygen atoms in total. The topological polar surface area (TPSA) is 66.5 Å².